The highest BCUT2D eigenvalue weighted by molar-refractivity contribution is 7.25. The number of thiophene rings is 1. The molecule has 0 bridgehead atoms. The van der Waals surface area contributed by atoms with Crippen molar-refractivity contribution < 1.29 is 0 Å². The van der Waals surface area contributed by atoms with Gasteiger partial charge in [0.25, 0.3) is 0 Å². The molecule has 2 nitrogen and oxygen atoms in total. The molecule has 3 aromatic heterocycles. The third-order valence-electron chi connectivity index (χ3n) is 10.5. The van der Waals surface area contributed by atoms with E-state index in [2.05, 4.69) is 191 Å². The van der Waals surface area contributed by atoms with Crippen LogP contribution in [0.5, 0.6) is 0 Å². The first-order valence-electron chi connectivity index (χ1n) is 17.4. The Balaban J connectivity index is 1.06. The van der Waals surface area contributed by atoms with Crippen molar-refractivity contribution in [3.05, 3.63) is 182 Å². The molecule has 0 aliphatic heterocycles. The molecule has 0 unspecified atom stereocenters. The van der Waals surface area contributed by atoms with Crippen LogP contribution in [0, 0.1) is 0 Å². The Bertz CT molecular complexity index is 3110. The standard InChI is InChI=1S/C48H30N2S/c1-3-11-31(12-4-1)32-19-23-36(24-20-32)49-43-17-9-7-15-37(43)39-27-33(21-25-45(39)49)34-22-26-47-41(28-34)42-29-40-38-16-8-10-18-44(38)50(35-13-5-2-6-14-35)46(40)30-48(42)51-47/h1-30H. The number of rotatable bonds is 4. The summed E-state index contributed by atoms with van der Waals surface area (Å²) in [5.41, 5.74) is 12.2. The van der Waals surface area contributed by atoms with Crippen molar-refractivity contribution in [2.45, 2.75) is 0 Å². The van der Waals surface area contributed by atoms with Gasteiger partial charge in [-0.25, -0.2) is 0 Å². The smallest absolute Gasteiger partial charge is 0.0555 e. The highest BCUT2D eigenvalue weighted by atomic mass is 32.1. The van der Waals surface area contributed by atoms with Crippen LogP contribution in [0.2, 0.25) is 0 Å². The van der Waals surface area contributed by atoms with E-state index in [4.69, 9.17) is 0 Å². The van der Waals surface area contributed by atoms with Gasteiger partial charge in [0.2, 0.25) is 0 Å². The summed E-state index contributed by atoms with van der Waals surface area (Å²) in [7, 11) is 0. The summed E-state index contributed by atoms with van der Waals surface area (Å²) in [6, 6.07) is 66.6. The minimum atomic E-state index is 1.17. The normalized spacial score (nSPS) is 11.9. The van der Waals surface area contributed by atoms with Crippen LogP contribution in [0.25, 0.3) is 97.4 Å². The fourth-order valence-electron chi connectivity index (χ4n) is 8.14. The SMILES string of the molecule is c1ccc(-c2ccc(-n3c4ccccc4c4cc(-c5ccc6sc7cc8c(cc7c6c5)c5ccccc5n8-c5ccccc5)ccc43)cc2)cc1. The van der Waals surface area contributed by atoms with Crippen molar-refractivity contribution in [2.24, 2.45) is 0 Å². The summed E-state index contributed by atoms with van der Waals surface area (Å²) in [6.45, 7) is 0. The molecule has 8 aromatic carbocycles. The van der Waals surface area contributed by atoms with E-state index >= 15 is 0 Å². The molecule has 51 heavy (non-hydrogen) atoms. The third-order valence-corrected chi connectivity index (χ3v) is 11.7. The fraction of sp³-hybridized carbons (Fsp3) is 0. The zero-order valence-electron chi connectivity index (χ0n) is 27.6. The Hall–Kier alpha value is -6.42. The summed E-state index contributed by atoms with van der Waals surface area (Å²) in [5.74, 6) is 0. The molecular weight excluding hydrogens is 637 g/mol. The summed E-state index contributed by atoms with van der Waals surface area (Å²) in [4.78, 5) is 0. The molecule has 0 aliphatic rings. The Morgan fingerprint density at radius 3 is 1.49 bits per heavy atom. The van der Waals surface area contributed by atoms with E-state index in [9.17, 15) is 0 Å². The van der Waals surface area contributed by atoms with E-state index in [0.29, 0.717) is 0 Å². The molecule has 0 atom stereocenters. The number of hydrogen-bond acceptors (Lipinski definition) is 1. The molecular formula is C48H30N2S. The number of benzene rings is 8. The van der Waals surface area contributed by atoms with Crippen molar-refractivity contribution in [3.8, 4) is 33.6 Å². The van der Waals surface area contributed by atoms with E-state index < -0.39 is 0 Å². The number of aromatic nitrogens is 2. The first-order chi connectivity index (χ1) is 25.3. The second-order valence-electron chi connectivity index (χ2n) is 13.4. The van der Waals surface area contributed by atoms with Gasteiger partial charge < -0.3 is 9.13 Å². The largest absolute Gasteiger partial charge is 0.309 e. The van der Waals surface area contributed by atoms with Gasteiger partial charge in [-0.15, -0.1) is 11.3 Å². The Kier molecular flexibility index (Phi) is 6.16. The molecule has 0 fully saturated rings. The van der Waals surface area contributed by atoms with E-state index in [-0.39, 0.29) is 0 Å². The van der Waals surface area contributed by atoms with Gasteiger partial charge in [0.1, 0.15) is 0 Å². The topological polar surface area (TPSA) is 9.86 Å². The van der Waals surface area contributed by atoms with E-state index in [1.54, 1.807) is 0 Å². The Morgan fingerprint density at radius 1 is 0.275 bits per heavy atom. The lowest BCUT2D eigenvalue weighted by atomic mass is 10.00. The third kappa shape index (κ3) is 4.35. The maximum absolute atomic E-state index is 2.43. The highest BCUT2D eigenvalue weighted by Crippen LogP contribution is 2.42. The first kappa shape index (κ1) is 28.4. The Labute approximate surface area is 298 Å². The van der Waals surface area contributed by atoms with E-state index in [1.165, 1.54) is 97.4 Å². The number of fused-ring (bicyclic) bond motifs is 9. The predicted molar refractivity (Wildman–Crippen MR) is 219 cm³/mol. The molecule has 238 valence electrons. The van der Waals surface area contributed by atoms with Crippen LogP contribution in [-0.4, -0.2) is 9.13 Å². The van der Waals surface area contributed by atoms with Crippen molar-refractivity contribution in [2.75, 3.05) is 0 Å². The minimum Gasteiger partial charge on any atom is -0.309 e. The zero-order chi connectivity index (χ0) is 33.5. The van der Waals surface area contributed by atoms with Crippen LogP contribution in [0.4, 0.5) is 0 Å². The van der Waals surface area contributed by atoms with Crippen LogP contribution >= 0.6 is 11.3 Å². The van der Waals surface area contributed by atoms with Gasteiger partial charge in [-0.05, 0) is 95.1 Å². The molecule has 11 aromatic rings. The summed E-state index contributed by atoms with van der Waals surface area (Å²) >= 11 is 1.88. The first-order valence-corrected chi connectivity index (χ1v) is 18.2. The van der Waals surface area contributed by atoms with Crippen LogP contribution < -0.4 is 0 Å². The average molecular weight is 667 g/mol. The molecule has 0 N–H and O–H groups in total. The summed E-state index contributed by atoms with van der Waals surface area (Å²) < 4.78 is 7.43. The quantitative estimate of drug-likeness (QED) is 0.177. The maximum atomic E-state index is 2.43. The molecule has 0 saturated heterocycles. The minimum absolute atomic E-state index is 1.17. The molecule has 3 heterocycles. The van der Waals surface area contributed by atoms with Crippen LogP contribution in [0.15, 0.2) is 182 Å². The van der Waals surface area contributed by atoms with E-state index in [0.717, 1.165) is 0 Å². The predicted octanol–water partition coefficient (Wildman–Crippen LogP) is 13.6. The van der Waals surface area contributed by atoms with Crippen molar-refractivity contribution >= 4 is 75.1 Å². The number of nitrogens with zero attached hydrogens (tertiary/aromatic N) is 2. The van der Waals surface area contributed by atoms with Gasteiger partial charge in [-0.2, -0.15) is 0 Å². The van der Waals surface area contributed by atoms with Gasteiger partial charge in [0.05, 0.1) is 22.1 Å². The maximum Gasteiger partial charge on any atom is 0.0555 e. The molecule has 0 radical (unpaired) electrons. The van der Waals surface area contributed by atoms with Gasteiger partial charge in [-0.1, -0.05) is 109 Å². The highest BCUT2D eigenvalue weighted by Gasteiger charge is 2.17. The number of para-hydroxylation sites is 3. The van der Waals surface area contributed by atoms with Gasteiger partial charge in [-0.3, -0.25) is 0 Å². The Morgan fingerprint density at radius 2 is 0.765 bits per heavy atom. The van der Waals surface area contributed by atoms with Gasteiger partial charge >= 0.3 is 0 Å². The molecule has 3 heteroatoms. The lowest BCUT2D eigenvalue weighted by Gasteiger charge is -2.10. The molecule has 11 rings (SSSR count). The lowest BCUT2D eigenvalue weighted by Crippen LogP contribution is -1.93. The summed E-state index contributed by atoms with van der Waals surface area (Å²) in [6.07, 6.45) is 0. The molecule has 0 saturated carbocycles. The monoisotopic (exact) mass is 666 g/mol. The van der Waals surface area contributed by atoms with Crippen molar-refractivity contribution in [1.29, 1.82) is 0 Å². The zero-order valence-corrected chi connectivity index (χ0v) is 28.4. The molecule has 0 aliphatic carbocycles. The fourth-order valence-corrected chi connectivity index (χ4v) is 9.24. The molecule has 0 amide bonds. The summed E-state index contributed by atoms with van der Waals surface area (Å²) in [5, 5.41) is 7.73. The second-order valence-corrected chi connectivity index (χ2v) is 14.4. The van der Waals surface area contributed by atoms with Crippen molar-refractivity contribution in [3.63, 3.8) is 0 Å². The second kappa shape index (κ2) is 11.0. The van der Waals surface area contributed by atoms with Crippen LogP contribution in [0.1, 0.15) is 0 Å². The number of hydrogen-bond donors (Lipinski definition) is 0. The van der Waals surface area contributed by atoms with Crippen LogP contribution in [-0.2, 0) is 0 Å². The van der Waals surface area contributed by atoms with Gasteiger partial charge in [0.15, 0.2) is 0 Å². The average Bonchev–Trinajstić information content (AvgIpc) is 3.84. The van der Waals surface area contributed by atoms with Gasteiger partial charge in [0, 0.05) is 53.1 Å². The molecule has 0 spiro atoms. The van der Waals surface area contributed by atoms with Crippen molar-refractivity contribution in [1.82, 2.24) is 9.13 Å². The van der Waals surface area contributed by atoms with Crippen LogP contribution in [0.3, 0.4) is 0 Å². The van der Waals surface area contributed by atoms with E-state index in [1.807, 2.05) is 11.3 Å². The lowest BCUT2D eigenvalue weighted by molar-refractivity contribution is 1.18.